The molecule has 2 nitrogen and oxygen atoms in total. The lowest BCUT2D eigenvalue weighted by atomic mass is 10.2. The van der Waals surface area contributed by atoms with Gasteiger partial charge < -0.3 is 11.5 Å². The van der Waals surface area contributed by atoms with E-state index in [4.69, 9.17) is 11.5 Å². The Balaban J connectivity index is 3.56. The van der Waals surface area contributed by atoms with E-state index in [2.05, 4.69) is 0 Å². The summed E-state index contributed by atoms with van der Waals surface area (Å²) in [6.45, 7) is 3.81. The molecule has 0 fully saturated rings. The number of hydrogen-bond acceptors (Lipinski definition) is 2. The highest BCUT2D eigenvalue weighted by molar-refractivity contribution is 5.01. The van der Waals surface area contributed by atoms with Crippen LogP contribution >= 0.6 is 0 Å². The van der Waals surface area contributed by atoms with E-state index in [1.807, 2.05) is 13.8 Å². The summed E-state index contributed by atoms with van der Waals surface area (Å²) >= 11 is 0. The Bertz CT molecular complexity index is 74.1. The highest BCUT2D eigenvalue weighted by Gasteiger charge is 1.91. The predicted octanol–water partition coefficient (Wildman–Crippen LogP) is 0.196. The van der Waals surface area contributed by atoms with Crippen LogP contribution in [0.15, 0.2) is 11.8 Å². The van der Waals surface area contributed by atoms with Crippen LogP contribution in [-0.2, 0) is 0 Å². The SMILES string of the molecule is CC(=CN)C(C)N. The average Bonchev–Trinajstić information content (AvgIpc) is 1.65. The van der Waals surface area contributed by atoms with Gasteiger partial charge in [-0.1, -0.05) is 0 Å². The number of nitrogens with two attached hydrogens (primary N) is 2. The quantitative estimate of drug-likeness (QED) is 0.494. The molecule has 0 bridgehead atoms. The topological polar surface area (TPSA) is 52.0 Å². The first-order chi connectivity index (χ1) is 3.18. The zero-order valence-electron chi connectivity index (χ0n) is 4.81. The van der Waals surface area contributed by atoms with Gasteiger partial charge in [0.05, 0.1) is 0 Å². The molecule has 0 aliphatic heterocycles. The van der Waals surface area contributed by atoms with E-state index in [-0.39, 0.29) is 6.04 Å². The molecule has 0 aromatic carbocycles. The molecule has 0 rings (SSSR count). The minimum absolute atomic E-state index is 0.102. The van der Waals surface area contributed by atoms with Gasteiger partial charge in [0.25, 0.3) is 0 Å². The van der Waals surface area contributed by atoms with Crippen LogP contribution < -0.4 is 11.5 Å². The van der Waals surface area contributed by atoms with Crippen molar-refractivity contribution in [2.24, 2.45) is 11.5 Å². The fourth-order valence-electron chi connectivity index (χ4n) is 0.152. The summed E-state index contributed by atoms with van der Waals surface area (Å²) in [5.41, 5.74) is 11.6. The molecule has 0 aromatic heterocycles. The number of rotatable bonds is 1. The van der Waals surface area contributed by atoms with Crippen LogP contribution in [-0.4, -0.2) is 6.04 Å². The van der Waals surface area contributed by atoms with Crippen LogP contribution in [0.3, 0.4) is 0 Å². The third kappa shape index (κ3) is 2.23. The van der Waals surface area contributed by atoms with Crippen molar-refractivity contribution in [1.29, 1.82) is 0 Å². The molecule has 0 amide bonds. The van der Waals surface area contributed by atoms with Crippen molar-refractivity contribution in [3.63, 3.8) is 0 Å². The van der Waals surface area contributed by atoms with Crippen molar-refractivity contribution in [2.75, 3.05) is 0 Å². The largest absolute Gasteiger partial charge is 0.405 e. The molecule has 0 radical (unpaired) electrons. The molecule has 7 heavy (non-hydrogen) atoms. The third-order valence-electron chi connectivity index (χ3n) is 0.981. The van der Waals surface area contributed by atoms with E-state index < -0.39 is 0 Å². The molecule has 1 atom stereocenters. The van der Waals surface area contributed by atoms with Crippen molar-refractivity contribution in [1.82, 2.24) is 0 Å². The van der Waals surface area contributed by atoms with Crippen molar-refractivity contribution in [3.05, 3.63) is 11.8 Å². The molecule has 0 heterocycles. The van der Waals surface area contributed by atoms with Gasteiger partial charge in [-0.25, -0.2) is 0 Å². The Morgan fingerprint density at radius 3 is 2.14 bits per heavy atom. The molecule has 1 unspecified atom stereocenters. The first-order valence-electron chi connectivity index (χ1n) is 2.32. The second-order valence-corrected chi connectivity index (χ2v) is 1.70. The second-order valence-electron chi connectivity index (χ2n) is 1.70. The average molecular weight is 100 g/mol. The van der Waals surface area contributed by atoms with E-state index >= 15 is 0 Å². The van der Waals surface area contributed by atoms with Gasteiger partial charge in [0.2, 0.25) is 0 Å². The normalized spacial score (nSPS) is 16.7. The fourth-order valence-corrected chi connectivity index (χ4v) is 0.152. The van der Waals surface area contributed by atoms with Crippen molar-refractivity contribution in [3.8, 4) is 0 Å². The first-order valence-corrected chi connectivity index (χ1v) is 2.32. The molecule has 0 aromatic rings. The molecule has 0 aliphatic carbocycles. The zero-order chi connectivity index (χ0) is 5.86. The summed E-state index contributed by atoms with van der Waals surface area (Å²) < 4.78 is 0. The van der Waals surface area contributed by atoms with Gasteiger partial charge in [0, 0.05) is 6.04 Å². The van der Waals surface area contributed by atoms with E-state index in [9.17, 15) is 0 Å². The summed E-state index contributed by atoms with van der Waals surface area (Å²) in [5.74, 6) is 0. The van der Waals surface area contributed by atoms with E-state index in [1.165, 1.54) is 6.20 Å². The Labute approximate surface area is 44.2 Å². The zero-order valence-corrected chi connectivity index (χ0v) is 4.81. The molecule has 42 valence electrons. The highest BCUT2D eigenvalue weighted by Crippen LogP contribution is 1.91. The van der Waals surface area contributed by atoms with Crippen LogP contribution in [0.25, 0.3) is 0 Å². The van der Waals surface area contributed by atoms with Crippen LogP contribution in [0, 0.1) is 0 Å². The maximum Gasteiger partial charge on any atom is 0.0239 e. The fraction of sp³-hybridized carbons (Fsp3) is 0.600. The first kappa shape index (κ1) is 6.50. The summed E-state index contributed by atoms with van der Waals surface area (Å²) in [7, 11) is 0. The molecule has 0 aliphatic rings. The summed E-state index contributed by atoms with van der Waals surface area (Å²) in [6, 6.07) is 0.102. The van der Waals surface area contributed by atoms with Gasteiger partial charge in [0.15, 0.2) is 0 Å². The predicted molar refractivity (Wildman–Crippen MR) is 31.6 cm³/mol. The molecule has 4 N–H and O–H groups in total. The van der Waals surface area contributed by atoms with E-state index in [1.54, 1.807) is 0 Å². The maximum atomic E-state index is 5.40. The lowest BCUT2D eigenvalue weighted by Gasteiger charge is -2.00. The Morgan fingerprint density at radius 2 is 2.14 bits per heavy atom. The van der Waals surface area contributed by atoms with E-state index in [0.29, 0.717) is 0 Å². The lowest BCUT2D eigenvalue weighted by Crippen LogP contribution is -2.16. The smallest absolute Gasteiger partial charge is 0.0239 e. The maximum absolute atomic E-state index is 5.40. The van der Waals surface area contributed by atoms with Crippen molar-refractivity contribution < 1.29 is 0 Å². The Hall–Kier alpha value is -0.500. The molecule has 2 heteroatoms. The van der Waals surface area contributed by atoms with Crippen molar-refractivity contribution >= 4 is 0 Å². The minimum atomic E-state index is 0.102. The van der Waals surface area contributed by atoms with Gasteiger partial charge in [-0.05, 0) is 25.6 Å². The molecule has 0 spiro atoms. The molecular weight excluding hydrogens is 88.1 g/mol. The van der Waals surface area contributed by atoms with Crippen LogP contribution in [0.2, 0.25) is 0 Å². The van der Waals surface area contributed by atoms with Gasteiger partial charge in [-0.2, -0.15) is 0 Å². The molecule has 0 saturated heterocycles. The molecular formula is C5H12N2. The third-order valence-corrected chi connectivity index (χ3v) is 0.981. The Kier molecular flexibility index (Phi) is 2.45. The van der Waals surface area contributed by atoms with Gasteiger partial charge >= 0.3 is 0 Å². The monoisotopic (exact) mass is 100 g/mol. The molecule has 0 saturated carbocycles. The minimum Gasteiger partial charge on any atom is -0.405 e. The van der Waals surface area contributed by atoms with Gasteiger partial charge in [0.1, 0.15) is 0 Å². The summed E-state index contributed by atoms with van der Waals surface area (Å²) in [5, 5.41) is 0. The standard InChI is InChI=1S/C5H12N2/c1-4(3-6)5(2)7/h3,5H,6-7H2,1-2H3. The highest BCUT2D eigenvalue weighted by atomic mass is 14.6. The van der Waals surface area contributed by atoms with Gasteiger partial charge in [-0.3, -0.25) is 0 Å². The lowest BCUT2D eigenvalue weighted by molar-refractivity contribution is 0.856. The summed E-state index contributed by atoms with van der Waals surface area (Å²) in [6.07, 6.45) is 1.53. The van der Waals surface area contributed by atoms with Crippen LogP contribution in [0.1, 0.15) is 13.8 Å². The van der Waals surface area contributed by atoms with Crippen molar-refractivity contribution in [2.45, 2.75) is 19.9 Å². The van der Waals surface area contributed by atoms with Gasteiger partial charge in [-0.15, -0.1) is 0 Å². The van der Waals surface area contributed by atoms with Crippen LogP contribution in [0.5, 0.6) is 0 Å². The van der Waals surface area contributed by atoms with Crippen LogP contribution in [0.4, 0.5) is 0 Å². The Morgan fingerprint density at radius 1 is 1.71 bits per heavy atom. The number of hydrogen-bond donors (Lipinski definition) is 2. The summed E-state index contributed by atoms with van der Waals surface area (Å²) in [4.78, 5) is 0. The van der Waals surface area contributed by atoms with E-state index in [0.717, 1.165) is 5.57 Å². The second kappa shape index (κ2) is 2.64.